The fourth-order valence-corrected chi connectivity index (χ4v) is 2.54. The highest BCUT2D eigenvalue weighted by molar-refractivity contribution is 5.93. The van der Waals surface area contributed by atoms with Crippen LogP contribution in [0.25, 0.3) is 10.8 Å². The number of aromatic nitrogens is 1. The highest BCUT2D eigenvalue weighted by Gasteiger charge is 2.13. The van der Waals surface area contributed by atoms with Gasteiger partial charge in [-0.15, -0.1) is 0 Å². The lowest BCUT2D eigenvalue weighted by molar-refractivity contribution is 0.724. The molecule has 1 fully saturated rings. The standard InChI is InChI=1S/C15H16N4/c16-11-12-2-3-14-13(10-12)4-6-18-15(14)19-8-1-5-17-7-9-19/h2-4,6,10,17H,1,5,7-9H2. The number of hydrogen-bond acceptors (Lipinski definition) is 4. The molecule has 96 valence electrons. The Bertz CT molecular complexity index is 622. The van der Waals surface area contributed by atoms with Crippen molar-refractivity contribution in [1.82, 2.24) is 10.3 Å². The zero-order valence-corrected chi connectivity index (χ0v) is 10.8. The summed E-state index contributed by atoms with van der Waals surface area (Å²) < 4.78 is 0. The normalized spacial score (nSPS) is 16.1. The molecule has 4 heteroatoms. The van der Waals surface area contributed by atoms with Crippen LogP contribution >= 0.6 is 0 Å². The van der Waals surface area contributed by atoms with E-state index >= 15 is 0 Å². The van der Waals surface area contributed by atoms with Gasteiger partial charge in [0, 0.05) is 31.2 Å². The van der Waals surface area contributed by atoms with Crippen molar-refractivity contribution in [2.24, 2.45) is 0 Å². The Kier molecular flexibility index (Phi) is 3.30. The van der Waals surface area contributed by atoms with Crippen LogP contribution in [-0.2, 0) is 0 Å². The molecule has 3 rings (SSSR count). The maximum Gasteiger partial charge on any atom is 0.136 e. The fraction of sp³-hybridized carbons (Fsp3) is 0.333. The molecule has 1 aromatic carbocycles. The van der Waals surface area contributed by atoms with Crippen LogP contribution in [0.1, 0.15) is 12.0 Å². The van der Waals surface area contributed by atoms with Crippen molar-refractivity contribution in [3.05, 3.63) is 36.0 Å². The van der Waals surface area contributed by atoms with Crippen LogP contribution < -0.4 is 10.2 Å². The third kappa shape index (κ3) is 2.38. The number of benzene rings is 1. The smallest absolute Gasteiger partial charge is 0.136 e. The summed E-state index contributed by atoms with van der Waals surface area (Å²) in [6.45, 7) is 4.07. The maximum atomic E-state index is 8.97. The average molecular weight is 252 g/mol. The SMILES string of the molecule is N#Cc1ccc2c(N3CCCNCC3)nccc2c1. The quantitative estimate of drug-likeness (QED) is 0.842. The van der Waals surface area contributed by atoms with Crippen molar-refractivity contribution < 1.29 is 0 Å². The molecule has 19 heavy (non-hydrogen) atoms. The summed E-state index contributed by atoms with van der Waals surface area (Å²) in [6.07, 6.45) is 2.96. The molecular weight excluding hydrogens is 236 g/mol. The molecule has 1 N–H and O–H groups in total. The minimum atomic E-state index is 0.696. The van der Waals surface area contributed by atoms with Crippen LogP contribution in [0, 0.1) is 11.3 Å². The van der Waals surface area contributed by atoms with Gasteiger partial charge < -0.3 is 10.2 Å². The number of pyridine rings is 1. The topological polar surface area (TPSA) is 52.0 Å². The molecule has 2 aromatic rings. The molecule has 0 atom stereocenters. The Morgan fingerprint density at radius 1 is 1.21 bits per heavy atom. The monoisotopic (exact) mass is 252 g/mol. The second kappa shape index (κ2) is 5.25. The van der Waals surface area contributed by atoms with Crippen molar-refractivity contribution in [1.29, 1.82) is 5.26 Å². The summed E-state index contributed by atoms with van der Waals surface area (Å²) >= 11 is 0. The lowest BCUT2D eigenvalue weighted by Gasteiger charge is -2.22. The molecule has 0 unspecified atom stereocenters. The zero-order valence-electron chi connectivity index (χ0n) is 10.8. The van der Waals surface area contributed by atoms with E-state index in [0.717, 1.165) is 49.2 Å². The van der Waals surface area contributed by atoms with E-state index in [0.29, 0.717) is 5.56 Å². The van der Waals surface area contributed by atoms with Crippen molar-refractivity contribution in [2.75, 3.05) is 31.1 Å². The van der Waals surface area contributed by atoms with Gasteiger partial charge in [-0.3, -0.25) is 0 Å². The largest absolute Gasteiger partial charge is 0.355 e. The van der Waals surface area contributed by atoms with Crippen molar-refractivity contribution >= 4 is 16.6 Å². The van der Waals surface area contributed by atoms with Gasteiger partial charge in [0.1, 0.15) is 5.82 Å². The van der Waals surface area contributed by atoms with Crippen molar-refractivity contribution in [2.45, 2.75) is 6.42 Å². The van der Waals surface area contributed by atoms with E-state index in [4.69, 9.17) is 5.26 Å². The first-order valence-electron chi connectivity index (χ1n) is 6.63. The van der Waals surface area contributed by atoms with Crippen LogP contribution in [0.15, 0.2) is 30.5 Å². The minimum absolute atomic E-state index is 0.696. The van der Waals surface area contributed by atoms with Gasteiger partial charge in [-0.1, -0.05) is 0 Å². The van der Waals surface area contributed by atoms with Gasteiger partial charge in [0.2, 0.25) is 0 Å². The van der Waals surface area contributed by atoms with Crippen molar-refractivity contribution in [3.8, 4) is 6.07 Å². The van der Waals surface area contributed by atoms with E-state index in [1.165, 1.54) is 0 Å². The summed E-state index contributed by atoms with van der Waals surface area (Å²) in [6, 6.07) is 9.95. The first-order valence-corrected chi connectivity index (χ1v) is 6.63. The maximum absolute atomic E-state index is 8.97. The van der Waals surface area contributed by atoms with Gasteiger partial charge >= 0.3 is 0 Å². The molecule has 4 nitrogen and oxygen atoms in total. The lowest BCUT2D eigenvalue weighted by Crippen LogP contribution is -2.28. The van der Waals surface area contributed by atoms with E-state index in [9.17, 15) is 0 Å². The molecule has 0 spiro atoms. The Balaban J connectivity index is 2.05. The Hall–Kier alpha value is -2.12. The first-order chi connectivity index (χ1) is 9.38. The van der Waals surface area contributed by atoms with E-state index in [1.54, 1.807) is 0 Å². The van der Waals surface area contributed by atoms with Crippen LogP contribution in [0.2, 0.25) is 0 Å². The molecule has 0 aliphatic carbocycles. The number of rotatable bonds is 1. The average Bonchev–Trinajstić information content (AvgIpc) is 2.75. The zero-order chi connectivity index (χ0) is 13.1. The van der Waals surface area contributed by atoms with Gasteiger partial charge in [0.05, 0.1) is 11.6 Å². The van der Waals surface area contributed by atoms with E-state index in [2.05, 4.69) is 21.3 Å². The summed E-state index contributed by atoms with van der Waals surface area (Å²) in [7, 11) is 0. The number of nitrogens with one attached hydrogen (secondary N) is 1. The summed E-state index contributed by atoms with van der Waals surface area (Å²) in [5.41, 5.74) is 0.696. The molecule has 0 radical (unpaired) electrons. The number of hydrogen-bond donors (Lipinski definition) is 1. The minimum Gasteiger partial charge on any atom is -0.355 e. The molecule has 0 saturated carbocycles. The van der Waals surface area contributed by atoms with Gasteiger partial charge in [-0.2, -0.15) is 5.26 Å². The second-order valence-corrected chi connectivity index (χ2v) is 4.77. The van der Waals surface area contributed by atoms with Gasteiger partial charge in [-0.05, 0) is 42.6 Å². The van der Waals surface area contributed by atoms with Crippen LogP contribution in [0.5, 0.6) is 0 Å². The molecule has 1 aromatic heterocycles. The van der Waals surface area contributed by atoms with E-state index < -0.39 is 0 Å². The number of fused-ring (bicyclic) bond motifs is 1. The fourth-order valence-electron chi connectivity index (χ4n) is 2.54. The highest BCUT2D eigenvalue weighted by atomic mass is 15.2. The number of nitrogens with zero attached hydrogens (tertiary/aromatic N) is 3. The van der Waals surface area contributed by atoms with Crippen LogP contribution in [0.4, 0.5) is 5.82 Å². The summed E-state index contributed by atoms with van der Waals surface area (Å²) in [5.74, 6) is 1.03. The van der Waals surface area contributed by atoms with Gasteiger partial charge in [0.15, 0.2) is 0 Å². The lowest BCUT2D eigenvalue weighted by atomic mass is 10.1. The highest BCUT2D eigenvalue weighted by Crippen LogP contribution is 2.25. The summed E-state index contributed by atoms with van der Waals surface area (Å²) in [5, 5.41) is 14.6. The predicted octanol–water partition coefficient (Wildman–Crippen LogP) is 1.91. The Morgan fingerprint density at radius 2 is 2.16 bits per heavy atom. The third-order valence-corrected chi connectivity index (χ3v) is 3.51. The van der Waals surface area contributed by atoms with Gasteiger partial charge in [-0.25, -0.2) is 4.98 Å². The predicted molar refractivity (Wildman–Crippen MR) is 76.2 cm³/mol. The molecular formula is C15H16N4. The van der Waals surface area contributed by atoms with Crippen LogP contribution in [0.3, 0.4) is 0 Å². The molecule has 0 bridgehead atoms. The Morgan fingerprint density at radius 3 is 3.05 bits per heavy atom. The number of nitriles is 1. The van der Waals surface area contributed by atoms with Crippen molar-refractivity contribution in [3.63, 3.8) is 0 Å². The second-order valence-electron chi connectivity index (χ2n) is 4.77. The number of anilines is 1. The third-order valence-electron chi connectivity index (χ3n) is 3.51. The molecule has 2 heterocycles. The summed E-state index contributed by atoms with van der Waals surface area (Å²) in [4.78, 5) is 6.87. The Labute approximate surface area is 112 Å². The molecule has 1 saturated heterocycles. The van der Waals surface area contributed by atoms with Crippen LogP contribution in [-0.4, -0.2) is 31.2 Å². The van der Waals surface area contributed by atoms with Gasteiger partial charge in [0.25, 0.3) is 0 Å². The molecule has 1 aliphatic heterocycles. The molecule has 0 amide bonds. The van der Waals surface area contributed by atoms with E-state index in [-0.39, 0.29) is 0 Å². The van der Waals surface area contributed by atoms with E-state index in [1.807, 2.05) is 30.5 Å². The first kappa shape index (κ1) is 11.9. The molecule has 1 aliphatic rings.